The molecular formula is C16H13FO4. The van der Waals surface area contributed by atoms with Crippen LogP contribution in [0.3, 0.4) is 0 Å². The van der Waals surface area contributed by atoms with Crippen LogP contribution >= 0.6 is 0 Å². The number of hydrogen-bond acceptors (Lipinski definition) is 3. The maximum absolute atomic E-state index is 12.9. The third-order valence-electron chi connectivity index (χ3n) is 2.90. The van der Waals surface area contributed by atoms with Gasteiger partial charge in [0.25, 0.3) is 0 Å². The molecule has 0 unspecified atom stereocenters. The summed E-state index contributed by atoms with van der Waals surface area (Å²) >= 11 is 0. The molecule has 0 spiro atoms. The molecule has 0 atom stereocenters. The van der Waals surface area contributed by atoms with Crippen LogP contribution in [0.1, 0.15) is 11.1 Å². The molecule has 0 aliphatic carbocycles. The van der Waals surface area contributed by atoms with Crippen molar-refractivity contribution in [3.63, 3.8) is 0 Å². The van der Waals surface area contributed by atoms with Gasteiger partial charge in [0.15, 0.2) is 11.5 Å². The van der Waals surface area contributed by atoms with Gasteiger partial charge in [-0.15, -0.1) is 0 Å². The molecule has 0 amide bonds. The van der Waals surface area contributed by atoms with Crippen LogP contribution in [0.5, 0.6) is 11.5 Å². The lowest BCUT2D eigenvalue weighted by Gasteiger charge is -2.06. The fourth-order valence-corrected chi connectivity index (χ4v) is 1.86. The second-order valence-corrected chi connectivity index (χ2v) is 4.30. The molecule has 2 N–H and O–H groups in total. The highest BCUT2D eigenvalue weighted by Gasteiger charge is 2.11. The number of hydrogen-bond donors (Lipinski definition) is 2. The minimum absolute atomic E-state index is 0.000401. The summed E-state index contributed by atoms with van der Waals surface area (Å²) in [5.74, 6) is -1.37. The number of methoxy groups -OCH3 is 1. The van der Waals surface area contributed by atoms with Gasteiger partial charge in [0.05, 0.1) is 12.7 Å². The van der Waals surface area contributed by atoms with Crippen molar-refractivity contribution in [2.75, 3.05) is 7.11 Å². The molecule has 108 valence electrons. The first-order valence-corrected chi connectivity index (χ1v) is 6.09. The predicted octanol–water partition coefficient (Wildman–Crippen LogP) is 3.17. The Labute approximate surface area is 120 Å². The van der Waals surface area contributed by atoms with E-state index in [1.54, 1.807) is 6.07 Å². The first-order chi connectivity index (χ1) is 10.0. The molecule has 0 saturated carbocycles. The Morgan fingerprint density at radius 3 is 2.38 bits per heavy atom. The van der Waals surface area contributed by atoms with Crippen molar-refractivity contribution in [3.8, 4) is 11.5 Å². The van der Waals surface area contributed by atoms with Crippen LogP contribution in [0.15, 0.2) is 42.5 Å². The molecule has 4 nitrogen and oxygen atoms in total. The SMILES string of the molecule is COc1ccc(/C=C(\C(=O)O)c2ccc(F)cc2)cc1O. The van der Waals surface area contributed by atoms with E-state index in [1.807, 2.05) is 0 Å². The normalized spacial score (nSPS) is 11.2. The molecule has 0 aromatic heterocycles. The van der Waals surface area contributed by atoms with Crippen LogP contribution in [-0.4, -0.2) is 23.3 Å². The molecule has 2 aromatic rings. The molecule has 0 heterocycles. The number of carbonyl (C=O) groups is 1. The lowest BCUT2D eigenvalue weighted by Crippen LogP contribution is -1.99. The van der Waals surface area contributed by atoms with E-state index < -0.39 is 11.8 Å². The Morgan fingerprint density at radius 2 is 1.86 bits per heavy atom. The van der Waals surface area contributed by atoms with E-state index in [0.717, 1.165) is 0 Å². The second kappa shape index (κ2) is 6.09. The van der Waals surface area contributed by atoms with Gasteiger partial charge in [-0.1, -0.05) is 18.2 Å². The summed E-state index contributed by atoms with van der Waals surface area (Å²) < 4.78 is 17.8. The number of carboxylic acid groups (broad SMARTS) is 1. The van der Waals surface area contributed by atoms with Gasteiger partial charge in [0.1, 0.15) is 5.82 Å². The number of aromatic hydroxyl groups is 1. The van der Waals surface area contributed by atoms with E-state index in [9.17, 15) is 19.4 Å². The number of phenols is 1. The van der Waals surface area contributed by atoms with Gasteiger partial charge in [0.2, 0.25) is 0 Å². The molecule has 2 rings (SSSR count). The fourth-order valence-electron chi connectivity index (χ4n) is 1.86. The largest absolute Gasteiger partial charge is 0.504 e. The maximum Gasteiger partial charge on any atom is 0.336 e. The Hall–Kier alpha value is -2.82. The third-order valence-corrected chi connectivity index (χ3v) is 2.90. The first-order valence-electron chi connectivity index (χ1n) is 6.09. The number of halogens is 1. The number of ether oxygens (including phenoxy) is 1. The molecule has 0 radical (unpaired) electrons. The Balaban J connectivity index is 2.45. The van der Waals surface area contributed by atoms with E-state index in [2.05, 4.69) is 0 Å². The maximum atomic E-state index is 12.9. The zero-order chi connectivity index (χ0) is 15.4. The summed E-state index contributed by atoms with van der Waals surface area (Å²) in [4.78, 5) is 11.3. The van der Waals surface area contributed by atoms with E-state index in [-0.39, 0.29) is 11.3 Å². The second-order valence-electron chi connectivity index (χ2n) is 4.30. The van der Waals surface area contributed by atoms with Crippen molar-refractivity contribution in [3.05, 3.63) is 59.4 Å². The van der Waals surface area contributed by atoms with Gasteiger partial charge >= 0.3 is 5.97 Å². The summed E-state index contributed by atoms with van der Waals surface area (Å²) in [5, 5.41) is 19.0. The highest BCUT2D eigenvalue weighted by molar-refractivity contribution is 6.20. The van der Waals surface area contributed by atoms with E-state index in [4.69, 9.17) is 4.74 Å². The fraction of sp³-hybridized carbons (Fsp3) is 0.0625. The Bertz CT molecular complexity index is 690. The lowest BCUT2D eigenvalue weighted by atomic mass is 10.0. The summed E-state index contributed by atoms with van der Waals surface area (Å²) in [5.41, 5.74) is 0.869. The van der Waals surface area contributed by atoms with Crippen LogP contribution in [0.25, 0.3) is 11.6 Å². The summed E-state index contributed by atoms with van der Waals surface area (Å²) in [7, 11) is 1.42. The zero-order valence-corrected chi connectivity index (χ0v) is 11.2. The molecule has 0 aliphatic rings. The van der Waals surface area contributed by atoms with Crippen molar-refractivity contribution in [1.82, 2.24) is 0 Å². The number of phenolic OH excluding ortho intramolecular Hbond substituents is 1. The van der Waals surface area contributed by atoms with Crippen molar-refractivity contribution in [1.29, 1.82) is 0 Å². The van der Waals surface area contributed by atoms with Gasteiger partial charge in [0, 0.05) is 0 Å². The van der Waals surface area contributed by atoms with Gasteiger partial charge in [-0.3, -0.25) is 0 Å². The molecule has 0 fully saturated rings. The van der Waals surface area contributed by atoms with Crippen molar-refractivity contribution >= 4 is 17.6 Å². The standard InChI is InChI=1S/C16H13FO4/c1-21-15-7-2-10(9-14(15)18)8-13(16(19)20)11-3-5-12(17)6-4-11/h2-9,18H,1H3,(H,19,20)/b13-8-. The summed E-state index contributed by atoms with van der Waals surface area (Å²) in [6.07, 6.45) is 1.40. The van der Waals surface area contributed by atoms with Crippen LogP contribution < -0.4 is 4.74 Å². The number of rotatable bonds is 4. The van der Waals surface area contributed by atoms with E-state index in [0.29, 0.717) is 16.9 Å². The van der Waals surface area contributed by atoms with Crippen molar-refractivity contribution in [2.45, 2.75) is 0 Å². The topological polar surface area (TPSA) is 66.8 Å². The molecule has 0 bridgehead atoms. The zero-order valence-electron chi connectivity index (χ0n) is 11.2. The molecular weight excluding hydrogens is 275 g/mol. The van der Waals surface area contributed by atoms with Crippen LogP contribution in [0.4, 0.5) is 4.39 Å². The Morgan fingerprint density at radius 1 is 1.19 bits per heavy atom. The van der Waals surface area contributed by atoms with E-state index >= 15 is 0 Å². The predicted molar refractivity (Wildman–Crippen MR) is 76.6 cm³/mol. The smallest absolute Gasteiger partial charge is 0.336 e. The highest BCUT2D eigenvalue weighted by atomic mass is 19.1. The first kappa shape index (κ1) is 14.6. The number of benzene rings is 2. The number of aliphatic carboxylic acids is 1. The summed E-state index contributed by atoms with van der Waals surface area (Å²) in [6, 6.07) is 9.70. The van der Waals surface area contributed by atoms with Gasteiger partial charge < -0.3 is 14.9 Å². The van der Waals surface area contributed by atoms with Gasteiger partial charge in [-0.05, 0) is 41.5 Å². The molecule has 21 heavy (non-hydrogen) atoms. The quantitative estimate of drug-likeness (QED) is 0.670. The average molecular weight is 288 g/mol. The van der Waals surface area contributed by atoms with Crippen molar-refractivity contribution in [2.24, 2.45) is 0 Å². The average Bonchev–Trinajstić information content (AvgIpc) is 2.46. The minimum Gasteiger partial charge on any atom is -0.504 e. The molecule has 0 aliphatic heterocycles. The lowest BCUT2D eigenvalue weighted by molar-refractivity contribution is -0.130. The Kier molecular flexibility index (Phi) is 4.23. The molecule has 2 aromatic carbocycles. The highest BCUT2D eigenvalue weighted by Crippen LogP contribution is 2.28. The summed E-state index contributed by atoms with van der Waals surface area (Å²) in [6.45, 7) is 0. The van der Waals surface area contributed by atoms with E-state index in [1.165, 1.54) is 49.6 Å². The molecule has 0 saturated heterocycles. The van der Waals surface area contributed by atoms with Gasteiger partial charge in [-0.25, -0.2) is 9.18 Å². The minimum atomic E-state index is -1.14. The molecule has 5 heteroatoms. The van der Waals surface area contributed by atoms with Crippen LogP contribution in [0, 0.1) is 5.82 Å². The monoisotopic (exact) mass is 288 g/mol. The van der Waals surface area contributed by atoms with Crippen LogP contribution in [-0.2, 0) is 4.79 Å². The van der Waals surface area contributed by atoms with Gasteiger partial charge in [-0.2, -0.15) is 0 Å². The third kappa shape index (κ3) is 3.39. The van der Waals surface area contributed by atoms with Crippen LogP contribution in [0.2, 0.25) is 0 Å². The number of carboxylic acids is 1. The van der Waals surface area contributed by atoms with Crippen molar-refractivity contribution < 1.29 is 24.1 Å².